The Hall–Kier alpha value is -1.52. The van der Waals surface area contributed by atoms with E-state index in [-0.39, 0.29) is 12.5 Å². The molecule has 130 valence electrons. The third-order valence-corrected chi connectivity index (χ3v) is 4.89. The minimum atomic E-state index is -0.150. The first-order valence-electron chi connectivity index (χ1n) is 7.94. The van der Waals surface area contributed by atoms with Crippen molar-refractivity contribution in [2.45, 2.75) is 6.42 Å². The fraction of sp³-hybridized carbons (Fsp3) is 0.211. The first kappa shape index (κ1) is 18.3. The summed E-state index contributed by atoms with van der Waals surface area (Å²) in [6.07, 6.45) is 3.09. The van der Waals surface area contributed by atoms with E-state index < -0.39 is 0 Å². The van der Waals surface area contributed by atoms with Crippen molar-refractivity contribution in [1.29, 1.82) is 0 Å². The minimum Gasteiger partial charge on any atom is -0.322 e. The number of amides is 1. The van der Waals surface area contributed by atoms with E-state index in [4.69, 9.17) is 34.8 Å². The predicted molar refractivity (Wildman–Crippen MR) is 106 cm³/mol. The number of halogens is 3. The summed E-state index contributed by atoms with van der Waals surface area (Å²) in [5, 5.41) is 3.86. The van der Waals surface area contributed by atoms with Gasteiger partial charge in [-0.15, -0.1) is 0 Å². The molecule has 0 unspecified atom stereocenters. The number of nitrogens with one attached hydrogen (secondary N) is 1. The van der Waals surface area contributed by atoms with Crippen LogP contribution in [0.2, 0.25) is 15.1 Å². The van der Waals surface area contributed by atoms with Gasteiger partial charge < -0.3 is 5.32 Å². The molecule has 3 rings (SSSR count). The van der Waals surface area contributed by atoms with Crippen LogP contribution < -0.4 is 5.32 Å². The van der Waals surface area contributed by atoms with Gasteiger partial charge >= 0.3 is 0 Å². The molecule has 0 saturated heterocycles. The van der Waals surface area contributed by atoms with Gasteiger partial charge in [0.15, 0.2) is 0 Å². The standard InChI is InChI=1S/C19H17Cl3N2O/c20-15-10-16(21)19(17(22)11-15)23-18(25)12-24-8-6-14(7-9-24)13-4-2-1-3-5-13/h1-6,10-11H,7-9,12H2,(H,23,25). The molecule has 1 aliphatic heterocycles. The summed E-state index contributed by atoms with van der Waals surface area (Å²) in [6, 6.07) is 13.4. The van der Waals surface area contributed by atoms with Crippen LogP contribution >= 0.6 is 34.8 Å². The molecule has 1 N–H and O–H groups in total. The van der Waals surface area contributed by atoms with E-state index in [1.165, 1.54) is 11.1 Å². The predicted octanol–water partition coefficient (Wildman–Crippen LogP) is 5.37. The van der Waals surface area contributed by atoms with Gasteiger partial charge in [0, 0.05) is 18.1 Å². The maximum absolute atomic E-state index is 12.3. The third-order valence-electron chi connectivity index (χ3n) is 4.08. The normalized spacial score (nSPS) is 14.9. The molecule has 0 radical (unpaired) electrons. The number of carbonyl (C=O) groups is 1. The molecule has 0 saturated carbocycles. The highest BCUT2D eigenvalue weighted by Gasteiger charge is 2.17. The second-order valence-electron chi connectivity index (χ2n) is 5.87. The highest BCUT2D eigenvalue weighted by molar-refractivity contribution is 6.42. The van der Waals surface area contributed by atoms with Crippen LogP contribution in [0.25, 0.3) is 5.57 Å². The van der Waals surface area contributed by atoms with Crippen LogP contribution in [0.1, 0.15) is 12.0 Å². The van der Waals surface area contributed by atoms with Gasteiger partial charge in [0.1, 0.15) is 0 Å². The summed E-state index contributed by atoms with van der Waals surface area (Å²) in [5.41, 5.74) is 2.96. The van der Waals surface area contributed by atoms with Gasteiger partial charge in [-0.2, -0.15) is 0 Å². The monoisotopic (exact) mass is 394 g/mol. The first-order valence-corrected chi connectivity index (χ1v) is 9.07. The number of nitrogens with zero attached hydrogens (tertiary/aromatic N) is 1. The SMILES string of the molecule is O=C(CN1CC=C(c2ccccc2)CC1)Nc1c(Cl)cc(Cl)cc1Cl. The molecule has 6 heteroatoms. The molecule has 1 heterocycles. The number of carbonyl (C=O) groups excluding carboxylic acids is 1. The summed E-state index contributed by atoms with van der Waals surface area (Å²) < 4.78 is 0. The Balaban J connectivity index is 1.59. The van der Waals surface area contributed by atoms with E-state index >= 15 is 0 Å². The number of rotatable bonds is 4. The first-order chi connectivity index (χ1) is 12.0. The molecule has 1 amide bonds. The van der Waals surface area contributed by atoms with Crippen LogP contribution in [-0.4, -0.2) is 30.4 Å². The molecule has 3 nitrogen and oxygen atoms in total. The lowest BCUT2D eigenvalue weighted by atomic mass is 10.00. The molecular weight excluding hydrogens is 379 g/mol. The topological polar surface area (TPSA) is 32.3 Å². The summed E-state index contributed by atoms with van der Waals surface area (Å²) >= 11 is 18.1. The molecule has 0 aromatic heterocycles. The molecule has 0 atom stereocenters. The smallest absolute Gasteiger partial charge is 0.238 e. The average molecular weight is 396 g/mol. The van der Waals surface area contributed by atoms with Crippen LogP contribution in [0.3, 0.4) is 0 Å². The lowest BCUT2D eigenvalue weighted by molar-refractivity contribution is -0.117. The fourth-order valence-corrected chi connectivity index (χ4v) is 3.72. The van der Waals surface area contributed by atoms with Crippen molar-refractivity contribution < 1.29 is 4.79 Å². The highest BCUT2D eigenvalue weighted by atomic mass is 35.5. The highest BCUT2D eigenvalue weighted by Crippen LogP contribution is 2.33. The van der Waals surface area contributed by atoms with Gasteiger partial charge in [-0.25, -0.2) is 0 Å². The average Bonchev–Trinajstić information content (AvgIpc) is 2.59. The zero-order valence-electron chi connectivity index (χ0n) is 13.4. The van der Waals surface area contributed by atoms with E-state index in [0.717, 1.165) is 19.5 Å². The summed E-state index contributed by atoms with van der Waals surface area (Å²) in [4.78, 5) is 14.4. The van der Waals surface area contributed by atoms with Gasteiger partial charge in [0.25, 0.3) is 0 Å². The van der Waals surface area contributed by atoms with E-state index in [9.17, 15) is 4.79 Å². The molecule has 0 spiro atoms. The number of hydrogen-bond acceptors (Lipinski definition) is 2. The summed E-state index contributed by atoms with van der Waals surface area (Å²) in [6.45, 7) is 1.85. The van der Waals surface area contributed by atoms with Crippen molar-refractivity contribution in [3.05, 3.63) is 69.2 Å². The Morgan fingerprint density at radius 3 is 2.36 bits per heavy atom. The molecule has 2 aromatic carbocycles. The number of benzene rings is 2. The molecular formula is C19H17Cl3N2O. The molecule has 0 aliphatic carbocycles. The van der Waals surface area contributed by atoms with Crippen LogP contribution in [0, 0.1) is 0 Å². The number of anilines is 1. The molecule has 0 bridgehead atoms. The third kappa shape index (κ3) is 4.77. The largest absolute Gasteiger partial charge is 0.322 e. The Kier molecular flexibility index (Phi) is 6.02. The zero-order valence-corrected chi connectivity index (χ0v) is 15.7. The molecule has 1 aliphatic rings. The van der Waals surface area contributed by atoms with Crippen molar-refractivity contribution >= 4 is 52.0 Å². The Labute approximate surface area is 162 Å². The van der Waals surface area contributed by atoms with Crippen LogP contribution in [0.5, 0.6) is 0 Å². The van der Waals surface area contributed by atoms with Gasteiger partial charge in [-0.1, -0.05) is 71.2 Å². The lowest BCUT2D eigenvalue weighted by Crippen LogP contribution is -2.36. The van der Waals surface area contributed by atoms with Gasteiger partial charge in [0.05, 0.1) is 22.3 Å². The maximum atomic E-state index is 12.3. The Morgan fingerprint density at radius 1 is 1.08 bits per heavy atom. The van der Waals surface area contributed by atoms with E-state index in [1.54, 1.807) is 12.1 Å². The van der Waals surface area contributed by atoms with Crippen molar-refractivity contribution in [2.24, 2.45) is 0 Å². The van der Waals surface area contributed by atoms with Crippen LogP contribution in [0.15, 0.2) is 48.5 Å². The van der Waals surface area contributed by atoms with Gasteiger partial charge in [-0.05, 0) is 29.7 Å². The maximum Gasteiger partial charge on any atom is 0.238 e. The number of hydrogen-bond donors (Lipinski definition) is 1. The molecule has 25 heavy (non-hydrogen) atoms. The summed E-state index contributed by atoms with van der Waals surface area (Å²) in [7, 11) is 0. The van der Waals surface area contributed by atoms with Crippen molar-refractivity contribution in [3.8, 4) is 0 Å². The van der Waals surface area contributed by atoms with E-state index in [1.807, 2.05) is 18.2 Å². The Bertz CT molecular complexity index is 783. The zero-order chi connectivity index (χ0) is 17.8. The molecule has 2 aromatic rings. The fourth-order valence-electron chi connectivity index (χ4n) is 2.81. The molecule has 0 fully saturated rings. The second-order valence-corrected chi connectivity index (χ2v) is 7.12. The van der Waals surface area contributed by atoms with Crippen LogP contribution in [-0.2, 0) is 4.79 Å². The van der Waals surface area contributed by atoms with E-state index in [2.05, 4.69) is 28.4 Å². The summed E-state index contributed by atoms with van der Waals surface area (Å²) in [5.74, 6) is -0.150. The Morgan fingerprint density at radius 2 is 1.76 bits per heavy atom. The van der Waals surface area contributed by atoms with E-state index in [0.29, 0.717) is 20.8 Å². The van der Waals surface area contributed by atoms with Gasteiger partial charge in [0.2, 0.25) is 5.91 Å². The minimum absolute atomic E-state index is 0.150. The van der Waals surface area contributed by atoms with Crippen LogP contribution in [0.4, 0.5) is 5.69 Å². The van der Waals surface area contributed by atoms with Crippen molar-refractivity contribution in [2.75, 3.05) is 25.0 Å². The quantitative estimate of drug-likeness (QED) is 0.754. The second kappa shape index (κ2) is 8.24. The van der Waals surface area contributed by atoms with Crippen molar-refractivity contribution in [1.82, 2.24) is 4.90 Å². The lowest BCUT2D eigenvalue weighted by Gasteiger charge is -2.26. The van der Waals surface area contributed by atoms with Gasteiger partial charge in [-0.3, -0.25) is 9.69 Å². The van der Waals surface area contributed by atoms with Crippen molar-refractivity contribution in [3.63, 3.8) is 0 Å².